The van der Waals surface area contributed by atoms with E-state index < -0.39 is 5.92 Å². The minimum absolute atomic E-state index is 0.0733. The molecule has 2 rings (SSSR count). The van der Waals surface area contributed by atoms with Crippen LogP contribution in [0.5, 0.6) is 0 Å². The van der Waals surface area contributed by atoms with Crippen LogP contribution in [0.4, 0.5) is 0 Å². The molecular weight excluding hydrogens is 276 g/mol. The summed E-state index contributed by atoms with van der Waals surface area (Å²) in [6.45, 7) is 1.47. The van der Waals surface area contributed by atoms with Crippen LogP contribution >= 0.6 is 11.6 Å². The molecule has 0 amide bonds. The summed E-state index contributed by atoms with van der Waals surface area (Å²) in [4.78, 5) is 28.1. The van der Waals surface area contributed by atoms with Crippen molar-refractivity contribution in [3.8, 4) is 0 Å². The summed E-state index contributed by atoms with van der Waals surface area (Å²) in [5, 5.41) is 0.500. The molecule has 0 saturated heterocycles. The summed E-state index contributed by atoms with van der Waals surface area (Å²) in [6.07, 6.45) is 3.33. The van der Waals surface area contributed by atoms with Crippen molar-refractivity contribution in [2.45, 2.75) is 19.3 Å². The largest absolute Gasteiger partial charge is 0.332 e. The van der Waals surface area contributed by atoms with Gasteiger partial charge in [0, 0.05) is 30.9 Å². The Morgan fingerprint density at radius 1 is 1.35 bits per heavy atom. The topological polar surface area (TPSA) is 52.0 Å². The highest BCUT2D eigenvalue weighted by atomic mass is 35.5. The van der Waals surface area contributed by atoms with Crippen LogP contribution in [0.2, 0.25) is 5.02 Å². The molecule has 0 fully saturated rings. The first-order chi connectivity index (χ1) is 9.50. The molecule has 4 nitrogen and oxygen atoms in total. The Morgan fingerprint density at radius 3 is 2.60 bits per heavy atom. The van der Waals surface area contributed by atoms with Gasteiger partial charge in [-0.2, -0.15) is 0 Å². The van der Waals surface area contributed by atoms with E-state index in [1.807, 2.05) is 6.07 Å². The fourth-order valence-corrected chi connectivity index (χ4v) is 2.41. The van der Waals surface area contributed by atoms with Crippen LogP contribution in [0.25, 0.3) is 0 Å². The first-order valence-corrected chi connectivity index (χ1v) is 6.64. The predicted octanol–water partition coefficient (Wildman–Crippen LogP) is 3.02. The Morgan fingerprint density at radius 2 is 2.05 bits per heavy atom. The minimum atomic E-state index is -0.534. The lowest BCUT2D eigenvalue weighted by molar-refractivity contribution is -0.118. The second kappa shape index (κ2) is 6.01. The van der Waals surface area contributed by atoms with Crippen molar-refractivity contribution in [2.75, 3.05) is 0 Å². The number of aromatic nitrogens is 2. The monoisotopic (exact) mass is 290 g/mol. The zero-order chi connectivity index (χ0) is 14.7. The number of hydrogen-bond acceptors (Lipinski definition) is 3. The average molecular weight is 291 g/mol. The molecule has 1 atom stereocenters. The number of carbonyl (C=O) groups is 2. The lowest BCUT2D eigenvalue weighted by atomic mass is 9.90. The zero-order valence-electron chi connectivity index (χ0n) is 11.3. The first-order valence-electron chi connectivity index (χ1n) is 6.26. The van der Waals surface area contributed by atoms with E-state index in [0.29, 0.717) is 16.4 Å². The minimum Gasteiger partial charge on any atom is -0.332 e. The van der Waals surface area contributed by atoms with Gasteiger partial charge >= 0.3 is 0 Å². The molecule has 0 radical (unpaired) electrons. The molecule has 0 N–H and O–H groups in total. The van der Waals surface area contributed by atoms with Crippen LogP contribution in [-0.2, 0) is 11.8 Å². The van der Waals surface area contributed by atoms with Crippen LogP contribution in [0.15, 0.2) is 36.7 Å². The highest BCUT2D eigenvalue weighted by Crippen LogP contribution is 2.28. The van der Waals surface area contributed by atoms with E-state index >= 15 is 0 Å². The number of hydrogen-bond donors (Lipinski definition) is 0. The standard InChI is InChI=1S/C15H15ClN2O2/c1-10(19)12(11-5-3-4-6-13(11)16)9-14(20)15-17-7-8-18(15)2/h3-8,12H,9H2,1-2H3. The second-order valence-corrected chi connectivity index (χ2v) is 5.08. The second-order valence-electron chi connectivity index (χ2n) is 4.67. The van der Waals surface area contributed by atoms with Gasteiger partial charge < -0.3 is 4.57 Å². The van der Waals surface area contributed by atoms with Crippen molar-refractivity contribution in [3.63, 3.8) is 0 Å². The molecule has 0 bridgehead atoms. The van der Waals surface area contributed by atoms with Gasteiger partial charge in [-0.3, -0.25) is 9.59 Å². The van der Waals surface area contributed by atoms with Gasteiger partial charge in [-0.1, -0.05) is 29.8 Å². The summed E-state index contributed by atoms with van der Waals surface area (Å²) >= 11 is 6.12. The van der Waals surface area contributed by atoms with Crippen molar-refractivity contribution in [1.82, 2.24) is 9.55 Å². The molecule has 0 aliphatic heterocycles. The summed E-state index contributed by atoms with van der Waals surface area (Å²) in [6, 6.07) is 7.10. The lowest BCUT2D eigenvalue weighted by Crippen LogP contribution is -2.17. The van der Waals surface area contributed by atoms with Gasteiger partial charge in [-0.05, 0) is 18.6 Å². The van der Waals surface area contributed by atoms with E-state index in [-0.39, 0.29) is 18.0 Å². The van der Waals surface area contributed by atoms with Crippen LogP contribution in [0.1, 0.15) is 35.4 Å². The molecular formula is C15H15ClN2O2. The zero-order valence-corrected chi connectivity index (χ0v) is 12.1. The van der Waals surface area contributed by atoms with E-state index in [0.717, 1.165) is 0 Å². The molecule has 1 unspecified atom stereocenters. The quantitative estimate of drug-likeness (QED) is 0.795. The van der Waals surface area contributed by atoms with E-state index in [4.69, 9.17) is 11.6 Å². The van der Waals surface area contributed by atoms with Crippen molar-refractivity contribution >= 4 is 23.2 Å². The molecule has 0 saturated carbocycles. The van der Waals surface area contributed by atoms with Crippen molar-refractivity contribution < 1.29 is 9.59 Å². The third-order valence-corrected chi connectivity index (χ3v) is 3.58. The molecule has 1 aromatic heterocycles. The van der Waals surface area contributed by atoms with E-state index in [2.05, 4.69) is 4.98 Å². The average Bonchev–Trinajstić information content (AvgIpc) is 2.83. The molecule has 0 spiro atoms. The first kappa shape index (κ1) is 14.5. The summed E-state index contributed by atoms with van der Waals surface area (Å²) < 4.78 is 1.64. The maximum absolute atomic E-state index is 12.2. The van der Waals surface area contributed by atoms with Crippen molar-refractivity contribution in [1.29, 1.82) is 0 Å². The van der Waals surface area contributed by atoms with E-state index in [1.165, 1.54) is 6.92 Å². The number of halogens is 1. The number of imidazole rings is 1. The van der Waals surface area contributed by atoms with E-state index in [1.54, 1.807) is 42.2 Å². The molecule has 0 aliphatic carbocycles. The van der Waals surface area contributed by atoms with Crippen molar-refractivity contribution in [2.24, 2.45) is 7.05 Å². The molecule has 104 valence electrons. The summed E-state index contributed by atoms with van der Waals surface area (Å²) in [7, 11) is 1.75. The SMILES string of the molecule is CC(=O)C(CC(=O)c1nccn1C)c1ccccc1Cl. The van der Waals surface area contributed by atoms with Gasteiger partial charge in [0.15, 0.2) is 11.6 Å². The number of benzene rings is 1. The van der Waals surface area contributed by atoms with Crippen LogP contribution < -0.4 is 0 Å². The number of rotatable bonds is 5. The molecule has 1 aromatic carbocycles. The Labute approximate surface area is 122 Å². The predicted molar refractivity (Wildman–Crippen MR) is 77.0 cm³/mol. The van der Waals surface area contributed by atoms with Gasteiger partial charge in [0.25, 0.3) is 0 Å². The Kier molecular flexibility index (Phi) is 4.35. The highest BCUT2D eigenvalue weighted by molar-refractivity contribution is 6.31. The third-order valence-electron chi connectivity index (χ3n) is 3.23. The Balaban J connectivity index is 2.28. The van der Waals surface area contributed by atoms with E-state index in [9.17, 15) is 9.59 Å². The molecule has 1 heterocycles. The fraction of sp³-hybridized carbons (Fsp3) is 0.267. The fourth-order valence-electron chi connectivity index (χ4n) is 2.14. The summed E-state index contributed by atoms with van der Waals surface area (Å²) in [5.41, 5.74) is 0.684. The number of Topliss-reactive ketones (excluding diaryl/α,β-unsaturated/α-hetero) is 2. The van der Waals surface area contributed by atoms with Gasteiger partial charge in [0.2, 0.25) is 0 Å². The van der Waals surface area contributed by atoms with Gasteiger partial charge in [0.1, 0.15) is 5.78 Å². The number of aryl methyl sites for hydroxylation is 1. The highest BCUT2D eigenvalue weighted by Gasteiger charge is 2.24. The molecule has 5 heteroatoms. The maximum atomic E-state index is 12.2. The van der Waals surface area contributed by atoms with Crippen LogP contribution in [0.3, 0.4) is 0 Å². The van der Waals surface area contributed by atoms with Gasteiger partial charge in [-0.15, -0.1) is 0 Å². The number of ketones is 2. The smallest absolute Gasteiger partial charge is 0.199 e. The Bertz CT molecular complexity index is 649. The Hall–Kier alpha value is -1.94. The lowest BCUT2D eigenvalue weighted by Gasteiger charge is -2.14. The van der Waals surface area contributed by atoms with Crippen LogP contribution in [0, 0.1) is 0 Å². The van der Waals surface area contributed by atoms with Crippen LogP contribution in [-0.4, -0.2) is 21.1 Å². The maximum Gasteiger partial charge on any atom is 0.199 e. The van der Waals surface area contributed by atoms with Gasteiger partial charge in [-0.25, -0.2) is 4.98 Å². The molecule has 2 aromatic rings. The normalized spacial score (nSPS) is 12.2. The number of carbonyl (C=O) groups excluding carboxylic acids is 2. The van der Waals surface area contributed by atoms with Gasteiger partial charge in [0.05, 0.1) is 5.92 Å². The molecule has 20 heavy (non-hydrogen) atoms. The van der Waals surface area contributed by atoms with Crippen molar-refractivity contribution in [3.05, 3.63) is 53.1 Å². The third kappa shape index (κ3) is 2.96. The summed E-state index contributed by atoms with van der Waals surface area (Å²) in [5.74, 6) is -0.436. The number of nitrogens with zero attached hydrogens (tertiary/aromatic N) is 2. The molecule has 0 aliphatic rings.